The number of amides is 1. The van der Waals surface area contributed by atoms with Crippen LogP contribution in [0.2, 0.25) is 0 Å². The number of hydrogen-bond donors (Lipinski definition) is 0. The van der Waals surface area contributed by atoms with Crippen LogP contribution in [0.25, 0.3) is 0 Å². The maximum absolute atomic E-state index is 14.1. The summed E-state index contributed by atoms with van der Waals surface area (Å²) in [5, 5.41) is 0. The van der Waals surface area contributed by atoms with Gasteiger partial charge in [0.15, 0.2) is 0 Å². The zero-order valence-electron chi connectivity index (χ0n) is 12.5. The van der Waals surface area contributed by atoms with Crippen LogP contribution in [0.15, 0.2) is 42.5 Å². The summed E-state index contributed by atoms with van der Waals surface area (Å²) in [6.45, 7) is 0.557. The lowest BCUT2D eigenvalue weighted by Crippen LogP contribution is -2.37. The molecule has 1 aliphatic rings. The summed E-state index contributed by atoms with van der Waals surface area (Å²) in [5.74, 6) is 0.253. The van der Waals surface area contributed by atoms with Crippen LogP contribution in [0.4, 0.5) is 10.1 Å². The Morgan fingerprint density at radius 2 is 2.05 bits per heavy atom. The number of hydrogen-bond acceptors (Lipinski definition) is 2. The summed E-state index contributed by atoms with van der Waals surface area (Å²) in [6, 6.07) is 12.4. The summed E-state index contributed by atoms with van der Waals surface area (Å²) in [7, 11) is 1.58. The number of carbonyl (C=O) groups excluding carboxylic acids is 1. The lowest BCUT2D eigenvalue weighted by molar-refractivity contribution is -0.118. The molecule has 0 radical (unpaired) electrons. The molecule has 0 spiro atoms. The molecule has 4 heteroatoms. The lowest BCUT2D eigenvalue weighted by Gasteiger charge is -2.30. The molecule has 0 aliphatic carbocycles. The fourth-order valence-corrected chi connectivity index (χ4v) is 2.96. The fraction of sp³-hybridized carbons (Fsp3) is 0.278. The Morgan fingerprint density at radius 1 is 1.23 bits per heavy atom. The predicted molar refractivity (Wildman–Crippen MR) is 83.8 cm³/mol. The molecule has 0 bridgehead atoms. The molecule has 114 valence electrons. The van der Waals surface area contributed by atoms with Gasteiger partial charge in [0.1, 0.15) is 11.6 Å². The molecule has 1 heterocycles. The van der Waals surface area contributed by atoms with Gasteiger partial charge < -0.3 is 9.64 Å². The molecule has 0 saturated carbocycles. The van der Waals surface area contributed by atoms with Crippen molar-refractivity contribution in [2.75, 3.05) is 18.6 Å². The second-order valence-corrected chi connectivity index (χ2v) is 5.39. The highest BCUT2D eigenvalue weighted by Crippen LogP contribution is 2.31. The van der Waals surface area contributed by atoms with Crippen molar-refractivity contribution in [2.45, 2.75) is 19.3 Å². The van der Waals surface area contributed by atoms with Crippen LogP contribution in [-0.2, 0) is 17.6 Å². The van der Waals surface area contributed by atoms with Gasteiger partial charge in [-0.2, -0.15) is 0 Å². The van der Waals surface area contributed by atoms with Crippen molar-refractivity contribution in [2.24, 2.45) is 0 Å². The number of rotatable bonds is 3. The van der Waals surface area contributed by atoms with E-state index in [4.69, 9.17) is 4.74 Å². The van der Waals surface area contributed by atoms with Crippen molar-refractivity contribution < 1.29 is 13.9 Å². The number of ether oxygens (including phenoxy) is 1. The Kier molecular flexibility index (Phi) is 4.09. The van der Waals surface area contributed by atoms with Gasteiger partial charge in [0.2, 0.25) is 5.91 Å². The minimum absolute atomic E-state index is 0.101. The number of para-hydroxylation sites is 2. The van der Waals surface area contributed by atoms with Crippen LogP contribution in [0.3, 0.4) is 0 Å². The standard InChI is InChI=1S/C18H18FNO2/c1-22-16-10-3-2-6-14(16)12-17(21)20-11-5-8-13-7-4-9-15(19)18(13)20/h2-4,6-7,9-10H,5,8,11-12H2,1H3. The number of anilines is 1. The first kappa shape index (κ1) is 14.6. The molecule has 3 rings (SSSR count). The second kappa shape index (κ2) is 6.18. The van der Waals surface area contributed by atoms with Crippen LogP contribution >= 0.6 is 0 Å². The molecule has 2 aromatic rings. The molecule has 0 unspecified atom stereocenters. The predicted octanol–water partition coefficient (Wildman–Crippen LogP) is 3.36. The van der Waals surface area contributed by atoms with Crippen LogP contribution in [0.1, 0.15) is 17.5 Å². The quantitative estimate of drug-likeness (QED) is 0.870. The van der Waals surface area contributed by atoms with Crippen molar-refractivity contribution in [1.29, 1.82) is 0 Å². The zero-order valence-corrected chi connectivity index (χ0v) is 12.5. The van der Waals surface area contributed by atoms with Gasteiger partial charge in [-0.1, -0.05) is 30.3 Å². The van der Waals surface area contributed by atoms with Crippen LogP contribution < -0.4 is 9.64 Å². The summed E-state index contributed by atoms with van der Waals surface area (Å²) < 4.78 is 19.4. The van der Waals surface area contributed by atoms with Gasteiger partial charge in [-0.25, -0.2) is 4.39 Å². The smallest absolute Gasteiger partial charge is 0.231 e. The van der Waals surface area contributed by atoms with Gasteiger partial charge >= 0.3 is 0 Å². The molecule has 22 heavy (non-hydrogen) atoms. The molecule has 0 aromatic heterocycles. The van der Waals surface area contributed by atoms with Crippen molar-refractivity contribution in [3.63, 3.8) is 0 Å². The molecule has 0 N–H and O–H groups in total. The Hall–Kier alpha value is -2.36. The summed E-state index contributed by atoms with van der Waals surface area (Å²) in [5.41, 5.74) is 2.16. The highest BCUT2D eigenvalue weighted by atomic mass is 19.1. The maximum Gasteiger partial charge on any atom is 0.231 e. The molecular weight excluding hydrogens is 281 g/mol. The molecule has 0 saturated heterocycles. The van der Waals surface area contributed by atoms with Gasteiger partial charge in [0.05, 0.1) is 19.2 Å². The third kappa shape index (κ3) is 2.69. The number of nitrogens with zero attached hydrogens (tertiary/aromatic N) is 1. The van der Waals surface area contributed by atoms with Crippen LogP contribution in [0, 0.1) is 5.82 Å². The van der Waals surface area contributed by atoms with Gasteiger partial charge in [0.25, 0.3) is 0 Å². The largest absolute Gasteiger partial charge is 0.496 e. The van der Waals surface area contributed by atoms with E-state index in [9.17, 15) is 9.18 Å². The second-order valence-electron chi connectivity index (χ2n) is 5.39. The molecular formula is C18H18FNO2. The van der Waals surface area contributed by atoms with E-state index in [0.717, 1.165) is 24.0 Å². The molecule has 1 amide bonds. The van der Waals surface area contributed by atoms with Crippen molar-refractivity contribution in [3.8, 4) is 5.75 Å². The van der Waals surface area contributed by atoms with Gasteiger partial charge in [-0.05, 0) is 30.5 Å². The van der Waals surface area contributed by atoms with E-state index in [1.165, 1.54) is 6.07 Å². The highest BCUT2D eigenvalue weighted by Gasteiger charge is 2.26. The minimum atomic E-state index is -0.328. The topological polar surface area (TPSA) is 29.5 Å². The minimum Gasteiger partial charge on any atom is -0.496 e. The van der Waals surface area contributed by atoms with Gasteiger partial charge in [0, 0.05) is 12.1 Å². The van der Waals surface area contributed by atoms with E-state index >= 15 is 0 Å². The third-order valence-corrected chi connectivity index (χ3v) is 4.00. The Labute approximate surface area is 129 Å². The average Bonchev–Trinajstić information content (AvgIpc) is 2.55. The fourth-order valence-electron chi connectivity index (χ4n) is 2.96. The molecule has 2 aromatic carbocycles. The zero-order chi connectivity index (χ0) is 15.5. The molecule has 3 nitrogen and oxygen atoms in total. The third-order valence-electron chi connectivity index (χ3n) is 4.00. The SMILES string of the molecule is COc1ccccc1CC(=O)N1CCCc2cccc(F)c21. The monoisotopic (exact) mass is 299 g/mol. The van der Waals surface area contributed by atoms with Gasteiger partial charge in [-0.3, -0.25) is 4.79 Å². The first-order chi connectivity index (χ1) is 10.7. The lowest BCUT2D eigenvalue weighted by atomic mass is 10.00. The first-order valence-electron chi connectivity index (χ1n) is 7.40. The van der Waals surface area contributed by atoms with Gasteiger partial charge in [-0.15, -0.1) is 0 Å². The van der Waals surface area contributed by atoms with Crippen molar-refractivity contribution in [1.82, 2.24) is 0 Å². The number of benzene rings is 2. The number of fused-ring (bicyclic) bond motifs is 1. The van der Waals surface area contributed by atoms with Crippen molar-refractivity contribution >= 4 is 11.6 Å². The van der Waals surface area contributed by atoms with E-state index in [1.807, 2.05) is 30.3 Å². The molecule has 0 fully saturated rings. The molecule has 0 atom stereocenters. The number of carbonyl (C=O) groups is 1. The first-order valence-corrected chi connectivity index (χ1v) is 7.40. The van der Waals surface area contributed by atoms with E-state index in [0.29, 0.717) is 18.0 Å². The highest BCUT2D eigenvalue weighted by molar-refractivity contribution is 5.96. The number of halogens is 1. The van der Waals surface area contributed by atoms with E-state index in [2.05, 4.69) is 0 Å². The Bertz CT molecular complexity index is 699. The molecule has 1 aliphatic heterocycles. The van der Waals surface area contributed by atoms with E-state index in [1.54, 1.807) is 18.1 Å². The normalized spacial score (nSPS) is 13.6. The number of methoxy groups -OCH3 is 1. The number of aryl methyl sites for hydroxylation is 1. The van der Waals surface area contributed by atoms with Crippen LogP contribution in [-0.4, -0.2) is 19.6 Å². The van der Waals surface area contributed by atoms with Crippen LogP contribution in [0.5, 0.6) is 5.75 Å². The Morgan fingerprint density at radius 3 is 2.86 bits per heavy atom. The van der Waals surface area contributed by atoms with Crippen molar-refractivity contribution in [3.05, 3.63) is 59.4 Å². The summed E-state index contributed by atoms with van der Waals surface area (Å²) in [4.78, 5) is 14.2. The summed E-state index contributed by atoms with van der Waals surface area (Å²) in [6.07, 6.45) is 1.87. The maximum atomic E-state index is 14.1. The Balaban J connectivity index is 1.88. The average molecular weight is 299 g/mol. The van der Waals surface area contributed by atoms with E-state index < -0.39 is 0 Å². The van der Waals surface area contributed by atoms with E-state index in [-0.39, 0.29) is 18.1 Å². The summed E-state index contributed by atoms with van der Waals surface area (Å²) >= 11 is 0.